The number of carbonyl (C=O) groups excluding carboxylic acids is 1. The molecular formula is C18H11Br2ClO3. The van der Waals surface area contributed by atoms with Gasteiger partial charge in [-0.25, -0.2) is 4.79 Å². The summed E-state index contributed by atoms with van der Waals surface area (Å²) in [6.07, 6.45) is 0. The molecule has 0 spiro atoms. The molecule has 0 aliphatic rings. The number of carbonyl (C=O) groups is 1. The third-order valence-corrected chi connectivity index (χ3v) is 4.90. The molecule has 3 aromatic rings. The molecule has 0 aromatic heterocycles. The van der Waals surface area contributed by atoms with Crippen molar-refractivity contribution in [1.82, 2.24) is 0 Å². The zero-order valence-electron chi connectivity index (χ0n) is 12.3. The van der Waals surface area contributed by atoms with Gasteiger partial charge in [-0.05, 0) is 51.0 Å². The molecule has 122 valence electrons. The first-order valence-electron chi connectivity index (χ1n) is 7.00. The Kier molecular flexibility index (Phi) is 5.43. The van der Waals surface area contributed by atoms with Crippen molar-refractivity contribution in [3.05, 3.63) is 68.6 Å². The smallest absolute Gasteiger partial charge is 0.349 e. The molecule has 3 rings (SSSR count). The number of rotatable bonds is 4. The molecule has 24 heavy (non-hydrogen) atoms. The monoisotopic (exact) mass is 468 g/mol. The molecule has 0 aliphatic heterocycles. The summed E-state index contributed by atoms with van der Waals surface area (Å²) < 4.78 is 12.4. The Bertz CT molecular complexity index is 912. The fourth-order valence-corrected chi connectivity index (χ4v) is 3.48. The van der Waals surface area contributed by atoms with Gasteiger partial charge in [0, 0.05) is 4.47 Å². The van der Waals surface area contributed by atoms with Gasteiger partial charge in [0.15, 0.2) is 6.61 Å². The normalized spacial score (nSPS) is 10.6. The van der Waals surface area contributed by atoms with Gasteiger partial charge in [-0.3, -0.25) is 0 Å². The molecule has 6 heteroatoms. The number of esters is 1. The van der Waals surface area contributed by atoms with Crippen LogP contribution >= 0.6 is 43.5 Å². The maximum absolute atomic E-state index is 12.0. The van der Waals surface area contributed by atoms with Crippen molar-refractivity contribution >= 4 is 60.2 Å². The number of hydrogen-bond acceptors (Lipinski definition) is 3. The molecular weight excluding hydrogens is 459 g/mol. The van der Waals surface area contributed by atoms with Crippen LogP contribution in [0.3, 0.4) is 0 Å². The average molecular weight is 471 g/mol. The Hall–Kier alpha value is -1.56. The van der Waals surface area contributed by atoms with Crippen LogP contribution in [0.4, 0.5) is 0 Å². The predicted octanol–water partition coefficient (Wildman–Crippen LogP) is 6.00. The van der Waals surface area contributed by atoms with E-state index in [1.165, 1.54) is 0 Å². The first-order chi connectivity index (χ1) is 11.5. The van der Waals surface area contributed by atoms with Crippen LogP contribution in [0.15, 0.2) is 63.5 Å². The highest BCUT2D eigenvalue weighted by atomic mass is 79.9. The highest BCUT2D eigenvalue weighted by molar-refractivity contribution is 9.11. The molecule has 0 bridgehead atoms. The van der Waals surface area contributed by atoms with E-state index in [2.05, 4.69) is 31.9 Å². The Balaban J connectivity index is 1.70. The molecule has 0 heterocycles. The van der Waals surface area contributed by atoms with Gasteiger partial charge in [0.25, 0.3) is 0 Å². The minimum Gasteiger partial charge on any atom is -0.480 e. The lowest BCUT2D eigenvalue weighted by atomic mass is 10.1. The van der Waals surface area contributed by atoms with Crippen molar-refractivity contribution in [2.24, 2.45) is 0 Å². The second-order valence-electron chi connectivity index (χ2n) is 4.94. The van der Waals surface area contributed by atoms with Gasteiger partial charge in [-0.1, -0.05) is 57.9 Å². The van der Waals surface area contributed by atoms with Crippen molar-refractivity contribution in [2.75, 3.05) is 6.61 Å². The first-order valence-corrected chi connectivity index (χ1v) is 8.97. The van der Waals surface area contributed by atoms with E-state index in [4.69, 9.17) is 21.1 Å². The topological polar surface area (TPSA) is 35.5 Å². The highest BCUT2D eigenvalue weighted by Gasteiger charge is 2.12. The number of ether oxygens (including phenoxy) is 2. The SMILES string of the molecule is O=C(COc1ccc(Br)cc1Cl)Oc1ccc2ccccc2c1Br. The average Bonchev–Trinajstić information content (AvgIpc) is 2.57. The van der Waals surface area contributed by atoms with Crippen LogP contribution in [0.1, 0.15) is 0 Å². The van der Waals surface area contributed by atoms with Crippen LogP contribution in [-0.4, -0.2) is 12.6 Å². The first kappa shape index (κ1) is 17.3. The highest BCUT2D eigenvalue weighted by Crippen LogP contribution is 2.33. The third-order valence-electron chi connectivity index (χ3n) is 3.29. The second-order valence-corrected chi connectivity index (χ2v) is 7.05. The lowest BCUT2D eigenvalue weighted by Gasteiger charge is -2.10. The minimum absolute atomic E-state index is 0.235. The molecule has 3 nitrogen and oxygen atoms in total. The summed E-state index contributed by atoms with van der Waals surface area (Å²) in [5.41, 5.74) is 0. The van der Waals surface area contributed by atoms with E-state index < -0.39 is 5.97 Å². The molecule has 0 unspecified atom stereocenters. The van der Waals surface area contributed by atoms with Crippen LogP contribution in [0.5, 0.6) is 11.5 Å². The van der Waals surface area contributed by atoms with Gasteiger partial charge in [-0.15, -0.1) is 0 Å². The quantitative estimate of drug-likeness (QED) is 0.346. The summed E-state index contributed by atoms with van der Waals surface area (Å²) in [5.74, 6) is 0.364. The molecule has 0 N–H and O–H groups in total. The summed E-state index contributed by atoms with van der Waals surface area (Å²) in [5, 5.41) is 2.45. The number of hydrogen-bond donors (Lipinski definition) is 0. The van der Waals surface area contributed by atoms with E-state index in [-0.39, 0.29) is 6.61 Å². The summed E-state index contributed by atoms with van der Waals surface area (Å²) in [6, 6.07) is 16.6. The zero-order chi connectivity index (χ0) is 17.1. The Morgan fingerprint density at radius 2 is 1.75 bits per heavy atom. The van der Waals surface area contributed by atoms with E-state index in [1.54, 1.807) is 24.3 Å². The van der Waals surface area contributed by atoms with Crippen LogP contribution in [-0.2, 0) is 4.79 Å². The Morgan fingerprint density at radius 1 is 1.00 bits per heavy atom. The van der Waals surface area contributed by atoms with Crippen molar-refractivity contribution in [3.8, 4) is 11.5 Å². The fourth-order valence-electron chi connectivity index (χ4n) is 2.17. The molecule has 0 fully saturated rings. The van der Waals surface area contributed by atoms with Crippen LogP contribution in [0.25, 0.3) is 10.8 Å². The molecule has 0 atom stereocenters. The van der Waals surface area contributed by atoms with Crippen LogP contribution in [0, 0.1) is 0 Å². The Morgan fingerprint density at radius 3 is 2.54 bits per heavy atom. The summed E-state index contributed by atoms with van der Waals surface area (Å²) in [6.45, 7) is -0.235. The lowest BCUT2D eigenvalue weighted by Crippen LogP contribution is -2.18. The standard InChI is InChI=1S/C18H11Br2ClO3/c19-12-6-8-15(14(21)9-12)23-10-17(22)24-16-7-5-11-3-1-2-4-13(11)18(16)20/h1-9H,10H2. The van der Waals surface area contributed by atoms with Crippen LogP contribution in [0.2, 0.25) is 5.02 Å². The van der Waals surface area contributed by atoms with Gasteiger partial charge in [-0.2, -0.15) is 0 Å². The van der Waals surface area contributed by atoms with Crippen LogP contribution < -0.4 is 9.47 Å². The van der Waals surface area contributed by atoms with Gasteiger partial charge in [0.2, 0.25) is 0 Å². The van der Waals surface area contributed by atoms with E-state index in [0.717, 1.165) is 19.7 Å². The maximum Gasteiger partial charge on any atom is 0.349 e. The maximum atomic E-state index is 12.0. The van der Waals surface area contributed by atoms with E-state index >= 15 is 0 Å². The fraction of sp³-hybridized carbons (Fsp3) is 0.0556. The zero-order valence-corrected chi connectivity index (χ0v) is 16.2. The third kappa shape index (κ3) is 3.91. The van der Waals surface area contributed by atoms with Crippen molar-refractivity contribution < 1.29 is 14.3 Å². The molecule has 0 saturated heterocycles. The lowest BCUT2D eigenvalue weighted by molar-refractivity contribution is -0.136. The predicted molar refractivity (Wildman–Crippen MR) is 102 cm³/mol. The second kappa shape index (κ2) is 7.55. The van der Waals surface area contributed by atoms with Crippen molar-refractivity contribution in [3.63, 3.8) is 0 Å². The van der Waals surface area contributed by atoms with Gasteiger partial charge in [0.05, 0.1) is 9.50 Å². The number of benzene rings is 3. The molecule has 0 aliphatic carbocycles. The molecule has 3 aromatic carbocycles. The molecule has 0 saturated carbocycles. The minimum atomic E-state index is -0.509. The van der Waals surface area contributed by atoms with E-state index in [0.29, 0.717) is 16.5 Å². The number of halogens is 3. The van der Waals surface area contributed by atoms with Gasteiger partial charge in [0.1, 0.15) is 11.5 Å². The molecule has 0 amide bonds. The summed E-state index contributed by atoms with van der Waals surface area (Å²) in [4.78, 5) is 12.0. The molecule has 0 radical (unpaired) electrons. The van der Waals surface area contributed by atoms with E-state index in [9.17, 15) is 4.79 Å². The van der Waals surface area contributed by atoms with Crippen molar-refractivity contribution in [2.45, 2.75) is 0 Å². The van der Waals surface area contributed by atoms with Gasteiger partial charge < -0.3 is 9.47 Å². The Labute approximate surface area is 160 Å². The summed E-state index contributed by atoms with van der Waals surface area (Å²) >= 11 is 12.8. The number of fused-ring (bicyclic) bond motifs is 1. The van der Waals surface area contributed by atoms with E-state index in [1.807, 2.05) is 30.3 Å². The van der Waals surface area contributed by atoms with Crippen molar-refractivity contribution in [1.29, 1.82) is 0 Å². The largest absolute Gasteiger partial charge is 0.480 e. The van der Waals surface area contributed by atoms with Gasteiger partial charge >= 0.3 is 5.97 Å². The summed E-state index contributed by atoms with van der Waals surface area (Å²) in [7, 11) is 0.